The van der Waals surface area contributed by atoms with E-state index in [1.165, 1.54) is 18.4 Å². The maximum absolute atomic E-state index is 12.3. The highest BCUT2D eigenvalue weighted by Crippen LogP contribution is 2.35. The lowest BCUT2D eigenvalue weighted by Gasteiger charge is -2.25. The van der Waals surface area contributed by atoms with Crippen LogP contribution in [0.15, 0.2) is 97.1 Å². The van der Waals surface area contributed by atoms with Gasteiger partial charge in [-0.2, -0.15) is 0 Å². The molecule has 2 aromatic heterocycles. The zero-order valence-corrected chi connectivity index (χ0v) is 28.8. The summed E-state index contributed by atoms with van der Waals surface area (Å²) in [5.74, 6) is 2.61. The molecule has 0 bridgehead atoms. The van der Waals surface area contributed by atoms with Crippen molar-refractivity contribution in [3.8, 4) is 11.5 Å². The molecule has 9 nitrogen and oxygen atoms in total. The third-order valence-electron chi connectivity index (χ3n) is 9.25. The van der Waals surface area contributed by atoms with E-state index in [2.05, 4.69) is 62.9 Å². The molecule has 0 saturated carbocycles. The summed E-state index contributed by atoms with van der Waals surface area (Å²) in [6, 6.07) is 32.8. The molecule has 0 radical (unpaired) electrons. The first kappa shape index (κ1) is 32.6. The minimum Gasteiger partial charge on any atom is -0.497 e. The number of hydrogen-bond donors (Lipinski definition) is 1. The third-order valence-corrected chi connectivity index (χ3v) is 9.79. The van der Waals surface area contributed by atoms with Crippen LogP contribution in [0.1, 0.15) is 40.9 Å². The number of likely N-dealkylation sites (tertiary alicyclic amines) is 1. The normalized spacial score (nSPS) is 13.4. The summed E-state index contributed by atoms with van der Waals surface area (Å²) in [6.45, 7) is 4.84. The number of pyridine rings is 1. The van der Waals surface area contributed by atoms with Gasteiger partial charge < -0.3 is 18.9 Å². The van der Waals surface area contributed by atoms with Crippen LogP contribution >= 0.6 is 0 Å². The monoisotopic (exact) mass is 675 g/mol. The van der Waals surface area contributed by atoms with Crippen molar-refractivity contribution in [1.29, 1.82) is 0 Å². The van der Waals surface area contributed by atoms with E-state index >= 15 is 0 Å². The van der Waals surface area contributed by atoms with E-state index in [4.69, 9.17) is 19.4 Å². The van der Waals surface area contributed by atoms with Crippen LogP contribution < -0.4 is 14.4 Å². The highest BCUT2D eigenvalue weighted by molar-refractivity contribution is 7.71. The second kappa shape index (κ2) is 14.7. The number of anilines is 1. The largest absolute Gasteiger partial charge is 0.497 e. The zero-order valence-electron chi connectivity index (χ0n) is 27.9. The van der Waals surface area contributed by atoms with Gasteiger partial charge >= 0.3 is 0 Å². The van der Waals surface area contributed by atoms with Crippen LogP contribution in [0.5, 0.6) is 11.5 Å². The Morgan fingerprint density at radius 3 is 1.82 bits per heavy atom. The van der Waals surface area contributed by atoms with Crippen molar-refractivity contribution in [2.24, 2.45) is 0 Å². The average molecular weight is 676 g/mol. The molecule has 1 aliphatic heterocycles. The quantitative estimate of drug-likeness (QED) is 0.138. The number of para-hydroxylation sites is 1. The fourth-order valence-corrected chi connectivity index (χ4v) is 7.21. The number of fused-ring (bicyclic) bond motifs is 3. The van der Waals surface area contributed by atoms with Crippen molar-refractivity contribution in [1.82, 2.24) is 19.4 Å². The highest BCUT2D eigenvalue weighted by Gasteiger charge is 2.23. The Balaban J connectivity index is 1.34. The molecule has 4 aromatic carbocycles. The predicted molar refractivity (Wildman–Crippen MR) is 195 cm³/mol. The van der Waals surface area contributed by atoms with Crippen LogP contribution in [-0.2, 0) is 42.6 Å². The number of hydrogen-bond acceptors (Lipinski definition) is 8. The number of nitrogens with zero attached hydrogens (tertiary/aromatic N) is 5. The molecule has 49 heavy (non-hydrogen) atoms. The third kappa shape index (κ3) is 7.40. The summed E-state index contributed by atoms with van der Waals surface area (Å²) in [5.41, 5.74) is 6.90. The van der Waals surface area contributed by atoms with Crippen molar-refractivity contribution in [3.05, 3.63) is 125 Å². The van der Waals surface area contributed by atoms with Crippen LogP contribution in [0.4, 0.5) is 5.82 Å². The van der Waals surface area contributed by atoms with Gasteiger partial charge in [0.25, 0.3) is 0 Å². The van der Waals surface area contributed by atoms with E-state index in [0.29, 0.717) is 36.8 Å². The highest BCUT2D eigenvalue weighted by atomic mass is 32.2. The molecule has 10 heteroatoms. The predicted octanol–water partition coefficient (Wildman–Crippen LogP) is 6.56. The van der Waals surface area contributed by atoms with Crippen molar-refractivity contribution >= 4 is 38.5 Å². The number of ether oxygens (including phenoxy) is 2. The molecule has 0 N–H and O–H groups in total. The smallest absolute Gasteiger partial charge is 0.158 e. The average Bonchev–Trinajstić information content (AvgIpc) is 3.77. The zero-order chi connectivity index (χ0) is 33.7. The van der Waals surface area contributed by atoms with Crippen molar-refractivity contribution < 1.29 is 17.9 Å². The number of imidazole rings is 1. The van der Waals surface area contributed by atoms with Crippen LogP contribution in [0, 0.1) is 0 Å². The van der Waals surface area contributed by atoms with E-state index in [0.717, 1.165) is 64.2 Å². The standard InChI is InChI=1S/C39H41N5O4S/c1-47-32-17-13-29(14-18-32)24-43(25-30-15-19-33(48-2)20-16-30)39-37-38(34-7-3-4-8-35(34)40-39)44(36(41-37)27-49(45)46)26-31-11-9-28(10-12-31)23-42-21-5-6-22-42/h3-4,7-20,49H,5-6,21-27H2,1-2H3. The van der Waals surface area contributed by atoms with Gasteiger partial charge in [-0.05, 0) is 78.5 Å². The summed E-state index contributed by atoms with van der Waals surface area (Å²) >= 11 is 0. The van der Waals surface area contributed by atoms with E-state index in [1.807, 2.05) is 48.5 Å². The number of rotatable bonds is 13. The van der Waals surface area contributed by atoms with Gasteiger partial charge in [0.05, 0.1) is 25.3 Å². The van der Waals surface area contributed by atoms with Crippen molar-refractivity contribution in [3.63, 3.8) is 0 Å². The molecule has 3 heterocycles. The van der Waals surface area contributed by atoms with Gasteiger partial charge in [-0.3, -0.25) is 4.90 Å². The summed E-state index contributed by atoms with van der Waals surface area (Å²) in [4.78, 5) is 15.0. The molecule has 0 amide bonds. The Kier molecular flexibility index (Phi) is 9.77. The Labute approximate surface area is 288 Å². The van der Waals surface area contributed by atoms with Crippen LogP contribution in [-0.4, -0.2) is 55.2 Å². The van der Waals surface area contributed by atoms with Crippen molar-refractivity contribution in [2.45, 2.75) is 44.8 Å². The Hall–Kier alpha value is -4.93. The number of methoxy groups -OCH3 is 2. The Morgan fingerprint density at radius 2 is 1.24 bits per heavy atom. The molecule has 0 unspecified atom stereocenters. The van der Waals surface area contributed by atoms with Gasteiger partial charge in [-0.1, -0.05) is 66.7 Å². The molecule has 252 valence electrons. The summed E-state index contributed by atoms with van der Waals surface area (Å²) < 4.78 is 37.4. The first-order valence-electron chi connectivity index (χ1n) is 16.7. The lowest BCUT2D eigenvalue weighted by Crippen LogP contribution is -2.23. The van der Waals surface area contributed by atoms with Gasteiger partial charge in [-0.25, -0.2) is 18.4 Å². The Morgan fingerprint density at radius 1 is 0.694 bits per heavy atom. The fraction of sp³-hybridized carbons (Fsp3) is 0.282. The molecular weight excluding hydrogens is 635 g/mol. The second-order valence-corrected chi connectivity index (χ2v) is 13.6. The molecular formula is C39H41N5O4S. The van der Waals surface area contributed by atoms with Crippen LogP contribution in [0.25, 0.3) is 21.9 Å². The van der Waals surface area contributed by atoms with E-state index in [9.17, 15) is 8.42 Å². The van der Waals surface area contributed by atoms with E-state index in [1.54, 1.807) is 14.2 Å². The summed E-state index contributed by atoms with van der Waals surface area (Å²) in [6.07, 6.45) is 2.53. The van der Waals surface area contributed by atoms with E-state index in [-0.39, 0.29) is 5.75 Å². The van der Waals surface area contributed by atoms with Gasteiger partial charge in [0.15, 0.2) is 5.82 Å². The summed E-state index contributed by atoms with van der Waals surface area (Å²) in [7, 11) is 0.598. The van der Waals surface area contributed by atoms with E-state index < -0.39 is 10.7 Å². The fourth-order valence-electron chi connectivity index (χ4n) is 6.73. The maximum atomic E-state index is 12.3. The van der Waals surface area contributed by atoms with Gasteiger partial charge in [0, 0.05) is 31.6 Å². The number of thiol groups is 1. The number of benzene rings is 4. The Bertz CT molecular complexity index is 2060. The molecule has 0 spiro atoms. The minimum atomic E-state index is -2.72. The first-order chi connectivity index (χ1) is 24.0. The van der Waals surface area contributed by atoms with Gasteiger partial charge in [-0.15, -0.1) is 0 Å². The van der Waals surface area contributed by atoms with Gasteiger partial charge in [0.2, 0.25) is 0 Å². The van der Waals surface area contributed by atoms with Crippen LogP contribution in [0.3, 0.4) is 0 Å². The minimum absolute atomic E-state index is 0.165. The lowest BCUT2D eigenvalue weighted by molar-refractivity contribution is 0.331. The maximum Gasteiger partial charge on any atom is 0.158 e. The summed E-state index contributed by atoms with van der Waals surface area (Å²) in [5, 5.41) is 0.931. The molecule has 0 atom stereocenters. The molecule has 6 aromatic rings. The van der Waals surface area contributed by atoms with Crippen molar-refractivity contribution in [2.75, 3.05) is 32.2 Å². The number of aromatic nitrogens is 3. The SMILES string of the molecule is COc1ccc(CN(Cc2ccc(OC)cc2)c2nc3ccccc3c3c2nc(C[SH](=O)=O)n3Cc2ccc(CN3CCCC3)cc2)cc1. The topological polar surface area (TPSA) is 89.8 Å². The van der Waals surface area contributed by atoms with Gasteiger partial charge in [0.1, 0.15) is 39.3 Å². The first-order valence-corrected chi connectivity index (χ1v) is 18.0. The molecule has 1 saturated heterocycles. The molecule has 1 fully saturated rings. The molecule has 7 rings (SSSR count). The van der Waals surface area contributed by atoms with Crippen LogP contribution in [0.2, 0.25) is 0 Å². The lowest BCUT2D eigenvalue weighted by atomic mass is 10.1. The molecule has 0 aliphatic carbocycles. The molecule has 1 aliphatic rings. The second-order valence-electron chi connectivity index (χ2n) is 12.6.